The fraction of sp³-hybridized carbons (Fsp3) is 0.929. The van der Waals surface area contributed by atoms with Gasteiger partial charge in [0.1, 0.15) is 0 Å². The van der Waals surface area contributed by atoms with Crippen LogP contribution in [0.4, 0.5) is 0 Å². The highest BCUT2D eigenvalue weighted by Gasteiger charge is 2.29. The summed E-state index contributed by atoms with van der Waals surface area (Å²) in [4.78, 5) is 12.1. The Morgan fingerprint density at radius 2 is 1.78 bits per heavy atom. The molecule has 0 bridgehead atoms. The minimum atomic E-state index is -0.237. The summed E-state index contributed by atoms with van der Waals surface area (Å²) in [7, 11) is 0. The highest BCUT2D eigenvalue weighted by Crippen LogP contribution is 2.25. The zero-order valence-corrected chi connectivity index (χ0v) is 11.1. The summed E-state index contributed by atoms with van der Waals surface area (Å²) in [5, 5.41) is 12.9. The monoisotopic (exact) mass is 254 g/mol. The summed E-state index contributed by atoms with van der Waals surface area (Å²) in [5.41, 5.74) is 6.01. The van der Waals surface area contributed by atoms with E-state index in [2.05, 4.69) is 5.32 Å². The van der Waals surface area contributed by atoms with Gasteiger partial charge in [-0.05, 0) is 25.7 Å². The van der Waals surface area contributed by atoms with E-state index in [0.717, 1.165) is 44.9 Å². The fourth-order valence-electron chi connectivity index (χ4n) is 3.27. The number of nitrogens with one attached hydrogen (secondary N) is 1. The molecular weight excluding hydrogens is 228 g/mol. The molecule has 4 atom stereocenters. The number of aliphatic hydroxyl groups excluding tert-OH is 1. The third-order valence-electron chi connectivity index (χ3n) is 4.56. The zero-order chi connectivity index (χ0) is 13.0. The lowest BCUT2D eigenvalue weighted by Crippen LogP contribution is -2.46. The Bertz CT molecular complexity index is 283. The number of carbonyl (C=O) groups excluding carboxylic acids is 1. The predicted molar refractivity (Wildman–Crippen MR) is 70.9 cm³/mol. The molecule has 2 rings (SSSR count). The Kier molecular flexibility index (Phi) is 5.01. The van der Waals surface area contributed by atoms with Crippen LogP contribution in [0.3, 0.4) is 0 Å². The third kappa shape index (κ3) is 3.45. The first-order chi connectivity index (χ1) is 8.68. The van der Waals surface area contributed by atoms with Crippen molar-refractivity contribution in [1.29, 1.82) is 0 Å². The van der Waals surface area contributed by atoms with Gasteiger partial charge in [0, 0.05) is 18.5 Å². The summed E-state index contributed by atoms with van der Waals surface area (Å²) in [6.45, 7) is 0.614. The second-order valence-corrected chi connectivity index (χ2v) is 5.91. The molecule has 0 radical (unpaired) electrons. The maximum atomic E-state index is 12.1. The van der Waals surface area contributed by atoms with Gasteiger partial charge in [-0.3, -0.25) is 4.79 Å². The van der Waals surface area contributed by atoms with E-state index in [4.69, 9.17) is 5.73 Å². The SMILES string of the molecule is NC1CCCCC1C(=O)NCC1CCCCC1O. The molecule has 0 aromatic heterocycles. The molecule has 0 heterocycles. The van der Waals surface area contributed by atoms with Crippen LogP contribution in [-0.2, 0) is 4.79 Å². The second-order valence-electron chi connectivity index (χ2n) is 5.91. The molecule has 4 unspecified atom stereocenters. The molecule has 0 saturated heterocycles. The smallest absolute Gasteiger partial charge is 0.224 e. The quantitative estimate of drug-likeness (QED) is 0.707. The molecule has 2 saturated carbocycles. The van der Waals surface area contributed by atoms with Crippen molar-refractivity contribution in [1.82, 2.24) is 5.32 Å². The van der Waals surface area contributed by atoms with E-state index in [9.17, 15) is 9.90 Å². The lowest BCUT2D eigenvalue weighted by atomic mass is 9.83. The standard InChI is InChI=1S/C14H26N2O2/c15-12-7-3-2-6-11(12)14(18)16-9-10-5-1-4-8-13(10)17/h10-13,17H,1-9,15H2,(H,16,18). The van der Waals surface area contributed by atoms with Crippen LogP contribution >= 0.6 is 0 Å². The second kappa shape index (κ2) is 6.53. The fourth-order valence-corrected chi connectivity index (χ4v) is 3.27. The highest BCUT2D eigenvalue weighted by atomic mass is 16.3. The summed E-state index contributed by atoms with van der Waals surface area (Å²) >= 11 is 0. The third-order valence-corrected chi connectivity index (χ3v) is 4.56. The highest BCUT2D eigenvalue weighted by molar-refractivity contribution is 5.79. The van der Waals surface area contributed by atoms with Crippen molar-refractivity contribution < 1.29 is 9.90 Å². The zero-order valence-electron chi connectivity index (χ0n) is 11.1. The van der Waals surface area contributed by atoms with Gasteiger partial charge in [0.2, 0.25) is 5.91 Å². The first-order valence-corrected chi connectivity index (χ1v) is 7.40. The summed E-state index contributed by atoms with van der Waals surface area (Å²) in [6.07, 6.45) is 8.08. The van der Waals surface area contributed by atoms with E-state index in [-0.39, 0.29) is 29.9 Å². The molecule has 104 valence electrons. The van der Waals surface area contributed by atoms with Crippen LogP contribution in [0, 0.1) is 11.8 Å². The molecule has 2 fully saturated rings. The molecule has 0 spiro atoms. The maximum Gasteiger partial charge on any atom is 0.224 e. The number of carbonyl (C=O) groups is 1. The maximum absolute atomic E-state index is 12.1. The molecule has 4 N–H and O–H groups in total. The van der Waals surface area contributed by atoms with Gasteiger partial charge in [0.25, 0.3) is 0 Å². The largest absolute Gasteiger partial charge is 0.393 e. The molecule has 0 aromatic carbocycles. The van der Waals surface area contributed by atoms with Gasteiger partial charge >= 0.3 is 0 Å². The minimum absolute atomic E-state index is 0.0144. The average molecular weight is 254 g/mol. The van der Waals surface area contributed by atoms with Crippen LogP contribution in [0.2, 0.25) is 0 Å². The first-order valence-electron chi connectivity index (χ1n) is 7.40. The number of rotatable bonds is 3. The molecule has 0 aromatic rings. The normalized spacial score (nSPS) is 37.2. The lowest BCUT2D eigenvalue weighted by Gasteiger charge is -2.30. The number of hydrogen-bond acceptors (Lipinski definition) is 3. The Balaban J connectivity index is 1.76. The van der Waals surface area contributed by atoms with Gasteiger partial charge < -0.3 is 16.2 Å². The van der Waals surface area contributed by atoms with Gasteiger partial charge in [-0.15, -0.1) is 0 Å². The van der Waals surface area contributed by atoms with Gasteiger partial charge in [0.15, 0.2) is 0 Å². The van der Waals surface area contributed by atoms with Crippen molar-refractivity contribution in [2.45, 2.75) is 63.5 Å². The number of aliphatic hydroxyl groups is 1. The van der Waals surface area contributed by atoms with Crippen molar-refractivity contribution in [2.24, 2.45) is 17.6 Å². The van der Waals surface area contributed by atoms with Crippen molar-refractivity contribution >= 4 is 5.91 Å². The molecule has 18 heavy (non-hydrogen) atoms. The number of hydrogen-bond donors (Lipinski definition) is 3. The van der Waals surface area contributed by atoms with Gasteiger partial charge in [0.05, 0.1) is 12.0 Å². The number of amides is 1. The molecule has 2 aliphatic rings. The van der Waals surface area contributed by atoms with Crippen LogP contribution in [0.25, 0.3) is 0 Å². The van der Waals surface area contributed by atoms with Crippen molar-refractivity contribution in [3.05, 3.63) is 0 Å². The van der Waals surface area contributed by atoms with E-state index in [1.807, 2.05) is 0 Å². The minimum Gasteiger partial charge on any atom is -0.393 e. The average Bonchev–Trinajstić information content (AvgIpc) is 2.38. The summed E-state index contributed by atoms with van der Waals surface area (Å²) in [5.74, 6) is 0.321. The van der Waals surface area contributed by atoms with Crippen LogP contribution in [0.15, 0.2) is 0 Å². The molecular formula is C14H26N2O2. The Labute approximate surface area is 109 Å². The van der Waals surface area contributed by atoms with E-state index < -0.39 is 0 Å². The van der Waals surface area contributed by atoms with Crippen LogP contribution in [-0.4, -0.2) is 29.7 Å². The topological polar surface area (TPSA) is 75.4 Å². The summed E-state index contributed by atoms with van der Waals surface area (Å²) < 4.78 is 0. The molecule has 2 aliphatic carbocycles. The van der Waals surface area contributed by atoms with Crippen molar-refractivity contribution in [3.8, 4) is 0 Å². The Hall–Kier alpha value is -0.610. The number of nitrogens with two attached hydrogens (primary N) is 1. The predicted octanol–water partition coefficient (Wildman–Crippen LogP) is 1.17. The Morgan fingerprint density at radius 3 is 2.50 bits per heavy atom. The van der Waals surface area contributed by atoms with Gasteiger partial charge in [-0.1, -0.05) is 25.7 Å². The van der Waals surface area contributed by atoms with E-state index >= 15 is 0 Å². The Morgan fingerprint density at radius 1 is 1.11 bits per heavy atom. The first kappa shape index (κ1) is 13.8. The van der Waals surface area contributed by atoms with Gasteiger partial charge in [-0.25, -0.2) is 0 Å². The molecule has 1 amide bonds. The van der Waals surface area contributed by atoms with Crippen LogP contribution < -0.4 is 11.1 Å². The molecule has 0 aliphatic heterocycles. The van der Waals surface area contributed by atoms with Gasteiger partial charge in [-0.2, -0.15) is 0 Å². The summed E-state index contributed by atoms with van der Waals surface area (Å²) in [6, 6.07) is 0.0232. The van der Waals surface area contributed by atoms with Crippen LogP contribution in [0.5, 0.6) is 0 Å². The van der Waals surface area contributed by atoms with E-state index in [0.29, 0.717) is 6.54 Å². The van der Waals surface area contributed by atoms with Crippen LogP contribution in [0.1, 0.15) is 51.4 Å². The van der Waals surface area contributed by atoms with Crippen molar-refractivity contribution in [2.75, 3.05) is 6.54 Å². The molecule has 4 nitrogen and oxygen atoms in total. The van der Waals surface area contributed by atoms with E-state index in [1.165, 1.54) is 6.42 Å². The lowest BCUT2D eigenvalue weighted by molar-refractivity contribution is -0.126. The van der Waals surface area contributed by atoms with E-state index in [1.54, 1.807) is 0 Å². The molecule has 4 heteroatoms. The van der Waals surface area contributed by atoms with Crippen molar-refractivity contribution in [3.63, 3.8) is 0 Å².